The first kappa shape index (κ1) is 19.2. The fourth-order valence-electron chi connectivity index (χ4n) is 2.46. The normalized spacial score (nSPS) is 17.0. The molecule has 6 heteroatoms. The van der Waals surface area contributed by atoms with Gasteiger partial charge in [0, 0.05) is 24.3 Å². The van der Waals surface area contributed by atoms with Crippen LogP contribution in [0.2, 0.25) is 0 Å². The molecule has 0 radical (unpaired) electrons. The van der Waals surface area contributed by atoms with E-state index in [1.807, 2.05) is 12.1 Å². The number of aliphatic imine (C=N–C) groups is 1. The van der Waals surface area contributed by atoms with Crippen molar-refractivity contribution < 1.29 is 4.74 Å². The number of nitrogens with two attached hydrogens (primary N) is 1. The van der Waals surface area contributed by atoms with Crippen molar-refractivity contribution in [3.05, 3.63) is 29.8 Å². The lowest BCUT2D eigenvalue weighted by Gasteiger charge is -2.39. The number of benzene rings is 1. The topological polar surface area (TPSA) is 62.9 Å². The zero-order valence-electron chi connectivity index (χ0n) is 13.6. The molecule has 0 bridgehead atoms. The Kier molecular flexibility index (Phi) is 7.58. The Bertz CT molecular complexity index is 499. The van der Waals surface area contributed by atoms with Gasteiger partial charge < -0.3 is 15.8 Å². The summed E-state index contributed by atoms with van der Waals surface area (Å²) in [5, 5.41) is 3.14. The number of nitrogens with one attached hydrogen (secondary N) is 1. The molecule has 3 N–H and O–H groups in total. The van der Waals surface area contributed by atoms with Gasteiger partial charge in [0.1, 0.15) is 0 Å². The van der Waals surface area contributed by atoms with Crippen molar-refractivity contribution in [2.75, 3.05) is 38.2 Å². The van der Waals surface area contributed by atoms with Crippen LogP contribution >= 0.6 is 24.0 Å². The molecule has 0 spiro atoms. The predicted molar refractivity (Wildman–Crippen MR) is 103 cm³/mol. The molecule has 1 fully saturated rings. The summed E-state index contributed by atoms with van der Waals surface area (Å²) in [6.07, 6.45) is 0. The number of ether oxygens (including phenoxy) is 1. The number of nitrogens with zero attached hydrogens (tertiary/aromatic N) is 2. The van der Waals surface area contributed by atoms with Crippen molar-refractivity contribution in [3.8, 4) is 0 Å². The van der Waals surface area contributed by atoms with E-state index in [0.717, 1.165) is 32.0 Å². The van der Waals surface area contributed by atoms with Gasteiger partial charge in [0.2, 0.25) is 0 Å². The zero-order valence-corrected chi connectivity index (χ0v) is 16.0. The monoisotopic (exact) mass is 418 g/mol. The molecule has 0 atom stereocenters. The Balaban J connectivity index is 0.00000242. The average Bonchev–Trinajstić information content (AvgIpc) is 2.46. The van der Waals surface area contributed by atoms with Gasteiger partial charge in [-0.15, -0.1) is 24.0 Å². The van der Waals surface area contributed by atoms with Crippen LogP contribution in [-0.4, -0.2) is 49.2 Å². The maximum atomic E-state index is 5.99. The van der Waals surface area contributed by atoms with Crippen molar-refractivity contribution in [2.24, 2.45) is 10.7 Å². The van der Waals surface area contributed by atoms with E-state index in [4.69, 9.17) is 10.5 Å². The number of anilines is 1. The fraction of sp³-hybridized carbons (Fsp3) is 0.562. The number of hydrogen-bond donors (Lipinski definition) is 2. The number of hydrogen-bond acceptors (Lipinski definition) is 3. The minimum atomic E-state index is -0.0112. The number of rotatable bonds is 4. The number of morpholine rings is 1. The molecule has 22 heavy (non-hydrogen) atoms. The Morgan fingerprint density at radius 1 is 1.36 bits per heavy atom. The van der Waals surface area contributed by atoms with Crippen LogP contribution in [-0.2, 0) is 4.74 Å². The lowest BCUT2D eigenvalue weighted by atomic mass is 10.0. The average molecular weight is 418 g/mol. The van der Waals surface area contributed by atoms with E-state index in [9.17, 15) is 0 Å². The van der Waals surface area contributed by atoms with Gasteiger partial charge in [-0.05, 0) is 38.5 Å². The summed E-state index contributed by atoms with van der Waals surface area (Å²) in [5.74, 6) is 0.460. The van der Waals surface area contributed by atoms with E-state index < -0.39 is 0 Å². The summed E-state index contributed by atoms with van der Waals surface area (Å²) in [7, 11) is 0. The van der Waals surface area contributed by atoms with E-state index in [2.05, 4.69) is 48.1 Å². The number of aryl methyl sites for hydroxylation is 1. The highest BCUT2D eigenvalue weighted by Crippen LogP contribution is 2.16. The smallest absolute Gasteiger partial charge is 0.193 e. The van der Waals surface area contributed by atoms with Gasteiger partial charge in [-0.3, -0.25) is 9.89 Å². The third kappa shape index (κ3) is 5.73. The predicted octanol–water partition coefficient (Wildman–Crippen LogP) is 2.45. The van der Waals surface area contributed by atoms with Crippen molar-refractivity contribution in [1.29, 1.82) is 0 Å². The first-order valence-corrected chi connectivity index (χ1v) is 7.44. The first-order chi connectivity index (χ1) is 9.97. The van der Waals surface area contributed by atoms with Crippen LogP contribution < -0.4 is 11.1 Å². The highest BCUT2D eigenvalue weighted by atomic mass is 127. The summed E-state index contributed by atoms with van der Waals surface area (Å²) in [6, 6.07) is 8.10. The maximum Gasteiger partial charge on any atom is 0.193 e. The number of guanidine groups is 1. The first-order valence-electron chi connectivity index (χ1n) is 7.44. The van der Waals surface area contributed by atoms with E-state index in [0.29, 0.717) is 12.5 Å². The molecule has 1 saturated heterocycles. The van der Waals surface area contributed by atoms with Crippen LogP contribution in [0.5, 0.6) is 0 Å². The maximum absolute atomic E-state index is 5.99. The third-order valence-corrected chi connectivity index (χ3v) is 3.79. The standard InChI is InChI=1S/C16H26N4O.HI/c1-13-5-4-6-14(11-13)19-15(17)18-12-16(2,3)20-7-9-21-10-8-20;/h4-6,11H,7-10,12H2,1-3H3,(H3,17,18,19);1H. The molecule has 2 rings (SSSR count). The second-order valence-corrected chi connectivity index (χ2v) is 6.11. The van der Waals surface area contributed by atoms with Crippen LogP contribution in [0.15, 0.2) is 29.3 Å². The summed E-state index contributed by atoms with van der Waals surface area (Å²) < 4.78 is 5.40. The Morgan fingerprint density at radius 3 is 2.68 bits per heavy atom. The van der Waals surface area contributed by atoms with Crippen LogP contribution in [0.25, 0.3) is 0 Å². The Labute approximate surface area is 150 Å². The van der Waals surface area contributed by atoms with Crippen molar-refractivity contribution in [1.82, 2.24) is 4.90 Å². The van der Waals surface area contributed by atoms with Gasteiger partial charge in [0.15, 0.2) is 5.96 Å². The Hall–Kier alpha value is -0.860. The van der Waals surface area contributed by atoms with E-state index in [1.54, 1.807) is 0 Å². The highest BCUT2D eigenvalue weighted by Gasteiger charge is 2.27. The van der Waals surface area contributed by atoms with Crippen molar-refractivity contribution in [3.63, 3.8) is 0 Å². The summed E-state index contributed by atoms with van der Waals surface area (Å²) in [5.41, 5.74) is 8.15. The lowest BCUT2D eigenvalue weighted by molar-refractivity contribution is -0.00680. The van der Waals surface area contributed by atoms with E-state index in [1.165, 1.54) is 5.56 Å². The molecule has 1 aliphatic heterocycles. The second-order valence-electron chi connectivity index (χ2n) is 6.11. The Morgan fingerprint density at radius 2 is 2.05 bits per heavy atom. The van der Waals surface area contributed by atoms with Gasteiger partial charge in [-0.1, -0.05) is 12.1 Å². The second kappa shape index (κ2) is 8.69. The van der Waals surface area contributed by atoms with Crippen LogP contribution in [0, 0.1) is 6.92 Å². The largest absolute Gasteiger partial charge is 0.379 e. The molecule has 0 unspecified atom stereocenters. The van der Waals surface area contributed by atoms with Gasteiger partial charge >= 0.3 is 0 Å². The van der Waals surface area contributed by atoms with Crippen LogP contribution in [0.4, 0.5) is 5.69 Å². The van der Waals surface area contributed by atoms with E-state index in [-0.39, 0.29) is 29.5 Å². The molecule has 0 amide bonds. The van der Waals surface area contributed by atoms with Gasteiger partial charge in [0.05, 0.1) is 19.8 Å². The summed E-state index contributed by atoms with van der Waals surface area (Å²) in [6.45, 7) is 10.6. The summed E-state index contributed by atoms with van der Waals surface area (Å²) >= 11 is 0. The molecule has 124 valence electrons. The minimum absolute atomic E-state index is 0. The molecular weight excluding hydrogens is 391 g/mol. The van der Waals surface area contributed by atoms with E-state index >= 15 is 0 Å². The third-order valence-electron chi connectivity index (χ3n) is 3.79. The molecule has 5 nitrogen and oxygen atoms in total. The van der Waals surface area contributed by atoms with Gasteiger partial charge in [0.25, 0.3) is 0 Å². The summed E-state index contributed by atoms with van der Waals surface area (Å²) in [4.78, 5) is 6.90. The van der Waals surface area contributed by atoms with Crippen molar-refractivity contribution >= 4 is 35.6 Å². The highest BCUT2D eigenvalue weighted by molar-refractivity contribution is 14.0. The van der Waals surface area contributed by atoms with Gasteiger partial charge in [-0.25, -0.2) is 0 Å². The zero-order chi connectivity index (χ0) is 15.3. The van der Waals surface area contributed by atoms with Crippen LogP contribution in [0.3, 0.4) is 0 Å². The van der Waals surface area contributed by atoms with Gasteiger partial charge in [-0.2, -0.15) is 0 Å². The van der Waals surface area contributed by atoms with Crippen molar-refractivity contribution in [2.45, 2.75) is 26.3 Å². The SMILES string of the molecule is Cc1cccc(NC(N)=NCC(C)(C)N2CCOCC2)c1.I. The fourth-order valence-corrected chi connectivity index (χ4v) is 2.46. The van der Waals surface area contributed by atoms with Crippen LogP contribution in [0.1, 0.15) is 19.4 Å². The molecule has 1 aromatic rings. The minimum Gasteiger partial charge on any atom is -0.379 e. The molecule has 0 aliphatic carbocycles. The molecule has 1 aromatic carbocycles. The number of halogens is 1. The molecular formula is C16H27IN4O. The molecule has 0 saturated carbocycles. The molecule has 1 heterocycles. The molecule has 1 aliphatic rings. The molecule has 0 aromatic heterocycles. The lowest BCUT2D eigenvalue weighted by Crippen LogP contribution is -2.51. The quantitative estimate of drug-likeness (QED) is 0.448.